The minimum Gasteiger partial charge on any atom is -0.481 e. The van der Waals surface area contributed by atoms with Crippen LogP contribution in [0.15, 0.2) is 12.2 Å². The fourth-order valence-corrected chi connectivity index (χ4v) is 2.31. The van der Waals surface area contributed by atoms with Gasteiger partial charge >= 0.3 is 5.97 Å². The molecule has 1 saturated carbocycles. The van der Waals surface area contributed by atoms with Crippen LogP contribution in [0.4, 0.5) is 0 Å². The topological polar surface area (TPSA) is 54.4 Å². The molecule has 0 aromatic rings. The van der Waals surface area contributed by atoms with Gasteiger partial charge in [-0.1, -0.05) is 12.2 Å². The van der Waals surface area contributed by atoms with Gasteiger partial charge in [-0.05, 0) is 12.8 Å². The van der Waals surface area contributed by atoms with Gasteiger partial charge in [-0.2, -0.15) is 0 Å². The van der Waals surface area contributed by atoms with Gasteiger partial charge in [0.1, 0.15) is 5.78 Å². The molecule has 2 aliphatic carbocycles. The van der Waals surface area contributed by atoms with Crippen molar-refractivity contribution in [3.63, 3.8) is 0 Å². The first-order valence-electron chi connectivity index (χ1n) is 4.01. The molecule has 3 heteroatoms. The van der Waals surface area contributed by atoms with Gasteiger partial charge in [-0.15, -0.1) is 0 Å². The Morgan fingerprint density at radius 1 is 1.75 bits per heavy atom. The van der Waals surface area contributed by atoms with Crippen LogP contribution in [0.3, 0.4) is 0 Å². The van der Waals surface area contributed by atoms with Crippen LogP contribution < -0.4 is 0 Å². The first kappa shape index (κ1) is 7.53. The first-order valence-corrected chi connectivity index (χ1v) is 4.01. The standard InChI is InChI=1S/C9H10O3/c1-9-3-2-5(4-6(9)10)7(9)8(11)12/h2-3,5,7H,4H2,1H3,(H,11,12). The number of aliphatic carboxylic acids is 1. The van der Waals surface area contributed by atoms with Gasteiger partial charge in [0.05, 0.1) is 11.3 Å². The van der Waals surface area contributed by atoms with Gasteiger partial charge in [-0.3, -0.25) is 9.59 Å². The van der Waals surface area contributed by atoms with Gasteiger partial charge in [0.15, 0.2) is 0 Å². The Morgan fingerprint density at radius 2 is 2.42 bits per heavy atom. The lowest BCUT2D eigenvalue weighted by molar-refractivity contribution is -0.146. The number of fused-ring (bicyclic) bond motifs is 2. The molecule has 3 unspecified atom stereocenters. The molecule has 1 N–H and O–H groups in total. The number of carboxylic acids is 1. The Bertz CT molecular complexity index is 292. The van der Waals surface area contributed by atoms with E-state index in [1.807, 2.05) is 6.08 Å². The van der Waals surface area contributed by atoms with E-state index in [0.29, 0.717) is 6.42 Å². The predicted molar refractivity (Wildman–Crippen MR) is 41.5 cm³/mol. The largest absolute Gasteiger partial charge is 0.481 e. The zero-order valence-corrected chi connectivity index (χ0v) is 6.78. The highest BCUT2D eigenvalue weighted by molar-refractivity contribution is 5.96. The molecule has 0 heterocycles. The van der Waals surface area contributed by atoms with Crippen molar-refractivity contribution < 1.29 is 14.7 Å². The molecule has 2 rings (SSSR count). The number of rotatable bonds is 1. The van der Waals surface area contributed by atoms with E-state index in [1.165, 1.54) is 0 Å². The second-order valence-electron chi connectivity index (χ2n) is 3.75. The molecule has 0 saturated heterocycles. The Kier molecular flexibility index (Phi) is 1.24. The molecule has 0 spiro atoms. The third-order valence-electron chi connectivity index (χ3n) is 3.05. The Hall–Kier alpha value is -1.12. The second-order valence-corrected chi connectivity index (χ2v) is 3.75. The number of hydrogen-bond acceptors (Lipinski definition) is 2. The van der Waals surface area contributed by atoms with Crippen molar-refractivity contribution in [2.24, 2.45) is 17.3 Å². The third-order valence-corrected chi connectivity index (χ3v) is 3.05. The van der Waals surface area contributed by atoms with Gasteiger partial charge in [0.25, 0.3) is 0 Å². The predicted octanol–water partition coefficient (Wildman–Crippen LogP) is 0.852. The Morgan fingerprint density at radius 3 is 2.67 bits per heavy atom. The molecule has 0 aliphatic heterocycles. The van der Waals surface area contributed by atoms with E-state index in [0.717, 1.165) is 0 Å². The van der Waals surface area contributed by atoms with Crippen molar-refractivity contribution in [1.29, 1.82) is 0 Å². The lowest BCUT2D eigenvalue weighted by atomic mass is 9.81. The SMILES string of the molecule is CC12C=CC(CC1=O)C2C(=O)O. The summed E-state index contributed by atoms with van der Waals surface area (Å²) < 4.78 is 0. The van der Waals surface area contributed by atoms with E-state index in [9.17, 15) is 9.59 Å². The van der Waals surface area contributed by atoms with Gasteiger partial charge in [0, 0.05) is 6.42 Å². The summed E-state index contributed by atoms with van der Waals surface area (Å²) in [5, 5.41) is 8.88. The molecular weight excluding hydrogens is 156 g/mol. The summed E-state index contributed by atoms with van der Waals surface area (Å²) in [4.78, 5) is 22.2. The molecule has 3 atom stereocenters. The van der Waals surface area contributed by atoms with Crippen molar-refractivity contribution in [1.82, 2.24) is 0 Å². The fourth-order valence-electron chi connectivity index (χ4n) is 2.31. The minimum absolute atomic E-state index is 0.0556. The van der Waals surface area contributed by atoms with Crippen molar-refractivity contribution in [2.75, 3.05) is 0 Å². The molecule has 64 valence electrons. The molecule has 3 nitrogen and oxygen atoms in total. The maximum Gasteiger partial charge on any atom is 0.308 e. The summed E-state index contributed by atoms with van der Waals surface area (Å²) in [5.41, 5.74) is -0.712. The summed E-state index contributed by atoms with van der Waals surface area (Å²) in [6.45, 7) is 1.72. The third kappa shape index (κ3) is 0.661. The normalized spacial score (nSPS) is 43.9. The number of Topliss-reactive ketones (excluding diaryl/α,β-unsaturated/α-hetero) is 1. The lowest BCUT2D eigenvalue weighted by Gasteiger charge is -2.19. The fraction of sp³-hybridized carbons (Fsp3) is 0.556. The average Bonchev–Trinajstić information content (AvgIpc) is 2.38. The summed E-state index contributed by atoms with van der Waals surface area (Å²) in [6.07, 6.45) is 4.02. The number of carbonyl (C=O) groups is 2. The minimum atomic E-state index is -0.849. The van der Waals surface area contributed by atoms with Crippen LogP contribution in [0.2, 0.25) is 0 Å². The van der Waals surface area contributed by atoms with Crippen molar-refractivity contribution in [2.45, 2.75) is 13.3 Å². The van der Waals surface area contributed by atoms with E-state index in [4.69, 9.17) is 5.11 Å². The molecule has 0 aromatic carbocycles. The highest BCUT2D eigenvalue weighted by atomic mass is 16.4. The zero-order valence-electron chi connectivity index (χ0n) is 6.78. The zero-order chi connectivity index (χ0) is 8.93. The number of ketones is 1. The number of carboxylic acid groups (broad SMARTS) is 1. The van der Waals surface area contributed by atoms with Crippen LogP contribution in [0, 0.1) is 17.3 Å². The van der Waals surface area contributed by atoms with E-state index < -0.39 is 17.3 Å². The molecular formula is C9H10O3. The highest BCUT2D eigenvalue weighted by Crippen LogP contribution is 2.51. The molecule has 2 aliphatic rings. The smallest absolute Gasteiger partial charge is 0.308 e. The van der Waals surface area contributed by atoms with E-state index in [2.05, 4.69) is 0 Å². The molecule has 0 amide bonds. The number of hydrogen-bond donors (Lipinski definition) is 1. The van der Waals surface area contributed by atoms with Gasteiger partial charge < -0.3 is 5.11 Å². The lowest BCUT2D eigenvalue weighted by Crippen LogP contribution is -2.30. The second kappa shape index (κ2) is 1.97. The van der Waals surface area contributed by atoms with E-state index >= 15 is 0 Å². The quantitative estimate of drug-likeness (QED) is 0.587. The van der Waals surface area contributed by atoms with Crippen LogP contribution >= 0.6 is 0 Å². The highest BCUT2D eigenvalue weighted by Gasteiger charge is 2.56. The summed E-state index contributed by atoms with van der Waals surface area (Å²) in [7, 11) is 0. The van der Waals surface area contributed by atoms with Crippen molar-refractivity contribution in [3.8, 4) is 0 Å². The molecule has 0 aromatic heterocycles. The van der Waals surface area contributed by atoms with Gasteiger partial charge in [0.2, 0.25) is 0 Å². The monoisotopic (exact) mass is 166 g/mol. The maximum atomic E-state index is 11.4. The Balaban J connectivity index is 2.44. The Labute approximate surface area is 70.1 Å². The van der Waals surface area contributed by atoms with Crippen molar-refractivity contribution >= 4 is 11.8 Å². The van der Waals surface area contributed by atoms with E-state index in [-0.39, 0.29) is 11.7 Å². The summed E-state index contributed by atoms with van der Waals surface area (Å²) in [5.74, 6) is -1.34. The number of carbonyl (C=O) groups excluding carboxylic acids is 1. The molecule has 0 radical (unpaired) electrons. The summed E-state index contributed by atoms with van der Waals surface area (Å²) in [6, 6.07) is 0. The van der Waals surface area contributed by atoms with Crippen LogP contribution in [-0.2, 0) is 9.59 Å². The maximum absolute atomic E-state index is 11.4. The van der Waals surface area contributed by atoms with Crippen molar-refractivity contribution in [3.05, 3.63) is 12.2 Å². The van der Waals surface area contributed by atoms with Crippen LogP contribution in [0.5, 0.6) is 0 Å². The first-order chi connectivity index (χ1) is 5.55. The van der Waals surface area contributed by atoms with Crippen LogP contribution in [-0.4, -0.2) is 16.9 Å². The molecule has 1 fully saturated rings. The molecule has 2 bridgehead atoms. The summed E-state index contributed by atoms with van der Waals surface area (Å²) >= 11 is 0. The average molecular weight is 166 g/mol. The van der Waals surface area contributed by atoms with Crippen LogP contribution in [0.1, 0.15) is 13.3 Å². The van der Waals surface area contributed by atoms with Crippen LogP contribution in [0.25, 0.3) is 0 Å². The van der Waals surface area contributed by atoms with E-state index in [1.54, 1.807) is 13.0 Å². The number of allylic oxidation sites excluding steroid dienone is 2. The van der Waals surface area contributed by atoms with Gasteiger partial charge in [-0.25, -0.2) is 0 Å². The molecule has 12 heavy (non-hydrogen) atoms.